The Kier molecular flexibility index (Phi) is 5.23. The molecule has 0 N–H and O–H groups in total. The Hall–Kier alpha value is -0.913. The van der Waals surface area contributed by atoms with Crippen molar-refractivity contribution in [3.05, 3.63) is 23.1 Å². The molecule has 2 aromatic rings. The van der Waals surface area contributed by atoms with Crippen LogP contribution in [0.5, 0.6) is 0 Å². The van der Waals surface area contributed by atoms with E-state index in [9.17, 15) is 0 Å². The van der Waals surface area contributed by atoms with E-state index >= 15 is 0 Å². The summed E-state index contributed by atoms with van der Waals surface area (Å²) in [5.74, 6) is 0. The van der Waals surface area contributed by atoms with Crippen LogP contribution < -0.4 is 0 Å². The van der Waals surface area contributed by atoms with E-state index in [1.54, 1.807) is 6.20 Å². The number of hydrogen-bond acceptors (Lipinski definition) is 3. The van der Waals surface area contributed by atoms with Crippen molar-refractivity contribution in [2.75, 3.05) is 6.61 Å². The number of halogens is 1. The second-order valence-electron chi connectivity index (χ2n) is 7.80. The third-order valence-electron chi connectivity index (χ3n) is 4.97. The van der Waals surface area contributed by atoms with Gasteiger partial charge in [-0.1, -0.05) is 32.4 Å². The third-order valence-corrected chi connectivity index (χ3v) is 9.71. The van der Waals surface area contributed by atoms with Crippen molar-refractivity contribution >= 4 is 30.8 Å². The lowest BCUT2D eigenvalue weighted by molar-refractivity contribution is 0.257. The normalized spacial score (nSPS) is 14.4. The fourth-order valence-corrected chi connectivity index (χ4v) is 3.53. The molecular formula is C17H28ClN3OSi. The molecule has 2 rings (SSSR count). The second kappa shape index (κ2) is 6.53. The summed E-state index contributed by atoms with van der Waals surface area (Å²) >= 11 is 6.05. The molecule has 2 aromatic heterocycles. The van der Waals surface area contributed by atoms with Crippen LogP contribution in [-0.2, 0) is 4.43 Å². The fourth-order valence-electron chi connectivity index (χ4n) is 2.32. The summed E-state index contributed by atoms with van der Waals surface area (Å²) < 4.78 is 8.34. The van der Waals surface area contributed by atoms with Gasteiger partial charge in [0.25, 0.3) is 0 Å². The average molecular weight is 354 g/mol. The first-order valence-corrected chi connectivity index (χ1v) is 11.5. The minimum atomic E-state index is -1.69. The Morgan fingerprint density at radius 3 is 2.61 bits per heavy atom. The van der Waals surface area contributed by atoms with E-state index in [4.69, 9.17) is 16.0 Å². The minimum absolute atomic E-state index is 0.240. The molecule has 0 unspecified atom stereocenters. The van der Waals surface area contributed by atoms with E-state index in [-0.39, 0.29) is 11.1 Å². The molecule has 0 aliphatic rings. The molecule has 0 amide bonds. The van der Waals surface area contributed by atoms with Crippen molar-refractivity contribution in [2.45, 2.75) is 65.2 Å². The maximum atomic E-state index is 6.29. The Bertz CT molecular complexity index is 691. The lowest BCUT2D eigenvalue weighted by Crippen LogP contribution is -2.41. The Balaban J connectivity index is 2.10. The number of fused-ring (bicyclic) bond motifs is 1. The van der Waals surface area contributed by atoms with Crippen LogP contribution in [0.15, 0.2) is 12.3 Å². The molecule has 0 aliphatic heterocycles. The Morgan fingerprint density at radius 1 is 1.35 bits per heavy atom. The first kappa shape index (κ1) is 18.4. The minimum Gasteiger partial charge on any atom is -0.417 e. The lowest BCUT2D eigenvalue weighted by atomic mass is 10.2. The summed E-state index contributed by atoms with van der Waals surface area (Å²) in [6.07, 6.45) is 2.73. The molecule has 0 fully saturated rings. The van der Waals surface area contributed by atoms with E-state index in [2.05, 4.69) is 50.9 Å². The van der Waals surface area contributed by atoms with E-state index in [1.165, 1.54) is 0 Å². The summed E-state index contributed by atoms with van der Waals surface area (Å²) in [4.78, 5) is 4.16. The predicted octanol–water partition coefficient (Wildman–Crippen LogP) is 5.37. The Labute approximate surface area is 145 Å². The monoisotopic (exact) mass is 353 g/mol. The van der Waals surface area contributed by atoms with Crippen molar-refractivity contribution in [1.82, 2.24) is 14.8 Å². The molecule has 128 valence electrons. The zero-order valence-corrected chi connectivity index (χ0v) is 17.0. The SMILES string of the molecule is Cc1nn([C@@H](C)CCO[Si](C)(C)C(C)(C)C)c2cc(Cl)ncc12. The van der Waals surface area contributed by atoms with Gasteiger partial charge in [0.2, 0.25) is 0 Å². The largest absolute Gasteiger partial charge is 0.417 e. The molecule has 2 heterocycles. The van der Waals surface area contributed by atoms with Crippen LogP contribution in [-0.4, -0.2) is 29.7 Å². The van der Waals surface area contributed by atoms with Gasteiger partial charge < -0.3 is 4.43 Å². The van der Waals surface area contributed by atoms with Crippen LogP contribution in [0.2, 0.25) is 23.3 Å². The highest BCUT2D eigenvalue weighted by atomic mass is 35.5. The standard InChI is InChI=1S/C17H28ClN3OSi/c1-12(8-9-22-23(6,7)17(3,4)5)21-15-10-16(18)19-11-14(15)13(2)20-21/h10-12H,8-9H2,1-7H3/t12-/m0/s1. The van der Waals surface area contributed by atoms with Gasteiger partial charge in [-0.15, -0.1) is 0 Å². The van der Waals surface area contributed by atoms with Gasteiger partial charge in [-0.2, -0.15) is 5.10 Å². The van der Waals surface area contributed by atoms with Crippen LogP contribution in [0.1, 0.15) is 45.9 Å². The topological polar surface area (TPSA) is 39.9 Å². The zero-order valence-electron chi connectivity index (χ0n) is 15.3. The van der Waals surface area contributed by atoms with Gasteiger partial charge in [0.15, 0.2) is 8.32 Å². The van der Waals surface area contributed by atoms with Gasteiger partial charge in [0, 0.05) is 24.3 Å². The van der Waals surface area contributed by atoms with Crippen LogP contribution in [0, 0.1) is 6.92 Å². The number of aromatic nitrogens is 3. The molecule has 6 heteroatoms. The van der Waals surface area contributed by atoms with Crippen LogP contribution in [0.25, 0.3) is 10.9 Å². The fraction of sp³-hybridized carbons (Fsp3) is 0.647. The van der Waals surface area contributed by atoms with Crippen LogP contribution in [0.3, 0.4) is 0 Å². The smallest absolute Gasteiger partial charge is 0.191 e. The number of pyridine rings is 1. The molecule has 0 spiro atoms. The van der Waals surface area contributed by atoms with E-state index in [0.717, 1.165) is 29.6 Å². The van der Waals surface area contributed by atoms with Crippen LogP contribution in [0.4, 0.5) is 0 Å². The molecule has 23 heavy (non-hydrogen) atoms. The molecule has 0 saturated carbocycles. The Morgan fingerprint density at radius 2 is 2.00 bits per heavy atom. The number of hydrogen-bond donors (Lipinski definition) is 0. The third kappa shape index (κ3) is 3.95. The lowest BCUT2D eigenvalue weighted by Gasteiger charge is -2.36. The van der Waals surface area contributed by atoms with Gasteiger partial charge in [0.1, 0.15) is 5.15 Å². The van der Waals surface area contributed by atoms with Gasteiger partial charge in [-0.25, -0.2) is 4.98 Å². The average Bonchev–Trinajstić information content (AvgIpc) is 2.74. The molecular weight excluding hydrogens is 326 g/mol. The van der Waals surface area contributed by atoms with E-state index < -0.39 is 8.32 Å². The number of rotatable bonds is 5. The van der Waals surface area contributed by atoms with E-state index in [0.29, 0.717) is 5.15 Å². The quantitative estimate of drug-likeness (QED) is 0.536. The van der Waals surface area contributed by atoms with Crippen molar-refractivity contribution in [3.8, 4) is 0 Å². The number of nitrogens with zero attached hydrogens (tertiary/aromatic N) is 3. The predicted molar refractivity (Wildman–Crippen MR) is 99.8 cm³/mol. The highest BCUT2D eigenvalue weighted by Crippen LogP contribution is 2.36. The molecule has 0 aliphatic carbocycles. The molecule has 0 aromatic carbocycles. The summed E-state index contributed by atoms with van der Waals surface area (Å²) in [6.45, 7) is 16.3. The maximum absolute atomic E-state index is 6.29. The van der Waals surface area contributed by atoms with Gasteiger partial charge in [-0.05, 0) is 38.4 Å². The molecule has 0 bridgehead atoms. The highest BCUT2D eigenvalue weighted by Gasteiger charge is 2.37. The first-order valence-electron chi connectivity index (χ1n) is 8.17. The molecule has 4 nitrogen and oxygen atoms in total. The van der Waals surface area contributed by atoms with Gasteiger partial charge >= 0.3 is 0 Å². The molecule has 0 saturated heterocycles. The first-order chi connectivity index (χ1) is 10.5. The van der Waals surface area contributed by atoms with Gasteiger partial charge in [-0.3, -0.25) is 4.68 Å². The summed E-state index contributed by atoms with van der Waals surface area (Å²) in [5.41, 5.74) is 2.03. The maximum Gasteiger partial charge on any atom is 0.191 e. The van der Waals surface area contributed by atoms with Crippen molar-refractivity contribution in [1.29, 1.82) is 0 Å². The highest BCUT2D eigenvalue weighted by molar-refractivity contribution is 6.74. The number of aryl methyl sites for hydroxylation is 1. The summed E-state index contributed by atoms with van der Waals surface area (Å²) in [5, 5.41) is 6.47. The van der Waals surface area contributed by atoms with E-state index in [1.807, 2.05) is 17.7 Å². The van der Waals surface area contributed by atoms with Crippen LogP contribution >= 0.6 is 11.6 Å². The van der Waals surface area contributed by atoms with Crippen molar-refractivity contribution in [2.24, 2.45) is 0 Å². The summed E-state index contributed by atoms with van der Waals surface area (Å²) in [6, 6.07) is 2.15. The van der Waals surface area contributed by atoms with Crippen molar-refractivity contribution < 1.29 is 4.43 Å². The second-order valence-corrected chi connectivity index (χ2v) is 13.0. The van der Waals surface area contributed by atoms with Crippen molar-refractivity contribution in [3.63, 3.8) is 0 Å². The molecule has 1 atom stereocenters. The summed E-state index contributed by atoms with van der Waals surface area (Å²) in [7, 11) is -1.69. The van der Waals surface area contributed by atoms with Gasteiger partial charge in [0.05, 0.1) is 17.3 Å². The zero-order chi connectivity index (χ0) is 17.4. The molecule has 0 radical (unpaired) electrons.